The van der Waals surface area contributed by atoms with Crippen LogP contribution in [0, 0.1) is 0 Å². The highest BCUT2D eigenvalue weighted by Gasteiger charge is 2.42. The molecule has 0 aliphatic heterocycles. The molecule has 2 bridgehead atoms. The number of hydrogen-bond donors (Lipinski definition) is 0. The van der Waals surface area contributed by atoms with E-state index in [-0.39, 0.29) is 11.7 Å². The molecular formula is C19H19F3N2O. The van der Waals surface area contributed by atoms with Crippen molar-refractivity contribution in [2.45, 2.75) is 57.2 Å². The molecule has 2 aromatic rings. The van der Waals surface area contributed by atoms with Crippen molar-refractivity contribution in [3.05, 3.63) is 51.6 Å². The van der Waals surface area contributed by atoms with Crippen LogP contribution in [-0.4, -0.2) is 9.55 Å². The molecule has 0 spiro atoms. The van der Waals surface area contributed by atoms with Crippen LogP contribution in [-0.2, 0) is 6.18 Å². The lowest BCUT2D eigenvalue weighted by molar-refractivity contribution is -0.137. The third-order valence-corrected chi connectivity index (χ3v) is 5.41. The van der Waals surface area contributed by atoms with Gasteiger partial charge in [-0.05, 0) is 51.2 Å². The second kappa shape index (κ2) is 5.44. The van der Waals surface area contributed by atoms with E-state index in [0.717, 1.165) is 42.7 Å². The van der Waals surface area contributed by atoms with Crippen LogP contribution in [0.25, 0.3) is 11.3 Å². The van der Waals surface area contributed by atoms with Gasteiger partial charge < -0.3 is 0 Å². The quantitative estimate of drug-likeness (QED) is 0.776. The van der Waals surface area contributed by atoms with Gasteiger partial charge in [-0.25, -0.2) is 4.79 Å². The Hall–Kier alpha value is -2.11. The molecule has 2 aliphatic rings. The van der Waals surface area contributed by atoms with E-state index in [2.05, 4.69) is 4.98 Å². The zero-order chi connectivity index (χ0) is 17.9. The van der Waals surface area contributed by atoms with Gasteiger partial charge in [0.05, 0.1) is 11.3 Å². The third kappa shape index (κ3) is 2.50. The molecule has 4 rings (SSSR count). The minimum Gasteiger partial charge on any atom is -0.293 e. The van der Waals surface area contributed by atoms with Gasteiger partial charge in [-0.2, -0.15) is 18.2 Å². The first-order valence-electron chi connectivity index (χ1n) is 8.61. The minimum atomic E-state index is -4.41. The summed E-state index contributed by atoms with van der Waals surface area (Å²) in [5.41, 5.74) is 1.73. The smallest absolute Gasteiger partial charge is 0.293 e. The van der Waals surface area contributed by atoms with Gasteiger partial charge in [0.25, 0.3) is 0 Å². The van der Waals surface area contributed by atoms with Crippen molar-refractivity contribution in [2.24, 2.45) is 0 Å². The van der Waals surface area contributed by atoms with Crippen LogP contribution >= 0.6 is 0 Å². The SMILES string of the molecule is CC(C)n1c2c(c(-c3cccc(C(F)(F)F)c3)nc1=O)C1CCC2C1. The zero-order valence-corrected chi connectivity index (χ0v) is 14.1. The van der Waals surface area contributed by atoms with Crippen LogP contribution in [0.1, 0.15) is 67.8 Å². The summed E-state index contributed by atoms with van der Waals surface area (Å²) in [4.78, 5) is 16.8. The standard InChI is InChI=1S/C19H19F3N2O/c1-10(2)24-17-13-7-6-11(8-13)15(17)16(23-18(24)25)12-4-3-5-14(9-12)19(20,21)22/h3-5,9-11,13H,6-8H2,1-2H3. The normalized spacial score (nSPS) is 21.8. The summed E-state index contributed by atoms with van der Waals surface area (Å²) >= 11 is 0. The topological polar surface area (TPSA) is 34.9 Å². The average molecular weight is 348 g/mol. The Labute approximate surface area is 143 Å². The lowest BCUT2D eigenvalue weighted by atomic mass is 9.91. The highest BCUT2D eigenvalue weighted by molar-refractivity contribution is 5.67. The summed E-state index contributed by atoms with van der Waals surface area (Å²) in [6.07, 6.45) is -1.39. The maximum absolute atomic E-state index is 13.1. The number of aromatic nitrogens is 2. The van der Waals surface area contributed by atoms with Crippen LogP contribution in [0.5, 0.6) is 0 Å². The summed E-state index contributed by atoms with van der Waals surface area (Å²) in [7, 11) is 0. The average Bonchev–Trinajstić information content (AvgIpc) is 3.15. The van der Waals surface area contributed by atoms with E-state index in [9.17, 15) is 18.0 Å². The summed E-state index contributed by atoms with van der Waals surface area (Å²) < 4.78 is 40.9. The van der Waals surface area contributed by atoms with Gasteiger partial charge in [0, 0.05) is 28.8 Å². The van der Waals surface area contributed by atoms with Crippen molar-refractivity contribution in [2.75, 3.05) is 0 Å². The molecule has 2 atom stereocenters. The van der Waals surface area contributed by atoms with Gasteiger partial charge in [-0.3, -0.25) is 4.57 Å². The van der Waals surface area contributed by atoms with E-state index in [1.807, 2.05) is 13.8 Å². The van der Waals surface area contributed by atoms with Crippen molar-refractivity contribution < 1.29 is 13.2 Å². The van der Waals surface area contributed by atoms with Gasteiger partial charge in [0.1, 0.15) is 0 Å². The van der Waals surface area contributed by atoms with Crippen LogP contribution in [0.4, 0.5) is 13.2 Å². The van der Waals surface area contributed by atoms with Gasteiger partial charge in [-0.15, -0.1) is 0 Å². The molecule has 1 aromatic heterocycles. The van der Waals surface area contributed by atoms with Crippen molar-refractivity contribution in [3.63, 3.8) is 0 Å². The number of alkyl halides is 3. The molecule has 1 fully saturated rings. The van der Waals surface area contributed by atoms with Crippen LogP contribution < -0.4 is 5.69 Å². The fourth-order valence-electron chi connectivity index (χ4n) is 4.44. The molecular weight excluding hydrogens is 329 g/mol. The Bertz CT molecular complexity index is 899. The van der Waals surface area contributed by atoms with Crippen LogP contribution in [0.2, 0.25) is 0 Å². The van der Waals surface area contributed by atoms with Crippen molar-refractivity contribution >= 4 is 0 Å². The van der Waals surface area contributed by atoms with Gasteiger partial charge in [0.2, 0.25) is 0 Å². The fourth-order valence-corrected chi connectivity index (χ4v) is 4.44. The molecule has 0 radical (unpaired) electrons. The van der Waals surface area contributed by atoms with Crippen molar-refractivity contribution in [3.8, 4) is 11.3 Å². The minimum absolute atomic E-state index is 0.0105. The number of hydrogen-bond acceptors (Lipinski definition) is 2. The molecule has 2 unspecified atom stereocenters. The zero-order valence-electron chi connectivity index (χ0n) is 14.1. The van der Waals surface area contributed by atoms with Gasteiger partial charge in [0.15, 0.2) is 0 Å². The van der Waals surface area contributed by atoms with E-state index in [0.29, 0.717) is 23.1 Å². The Balaban J connectivity index is 1.97. The molecule has 1 saturated carbocycles. The molecule has 25 heavy (non-hydrogen) atoms. The van der Waals surface area contributed by atoms with Crippen molar-refractivity contribution in [1.29, 1.82) is 0 Å². The Kier molecular flexibility index (Phi) is 3.56. The summed E-state index contributed by atoms with van der Waals surface area (Å²) in [5, 5.41) is 0. The van der Waals surface area contributed by atoms with E-state index in [1.165, 1.54) is 6.07 Å². The van der Waals surface area contributed by atoms with E-state index in [4.69, 9.17) is 0 Å². The fraction of sp³-hybridized carbons (Fsp3) is 0.474. The van der Waals surface area contributed by atoms with Crippen molar-refractivity contribution in [1.82, 2.24) is 9.55 Å². The summed E-state index contributed by atoms with van der Waals surface area (Å²) in [6.45, 7) is 3.89. The Morgan fingerprint density at radius 3 is 2.60 bits per heavy atom. The lowest BCUT2D eigenvalue weighted by Gasteiger charge is -2.24. The number of rotatable bonds is 2. The number of fused-ring (bicyclic) bond motifs is 5. The predicted octanol–water partition coefficient (Wildman–Crippen LogP) is 4.87. The van der Waals surface area contributed by atoms with Crippen LogP contribution in [0.15, 0.2) is 29.1 Å². The maximum Gasteiger partial charge on any atom is 0.416 e. The Morgan fingerprint density at radius 2 is 1.92 bits per heavy atom. The second-order valence-electron chi connectivity index (χ2n) is 7.29. The van der Waals surface area contributed by atoms with Crippen LogP contribution in [0.3, 0.4) is 0 Å². The molecule has 0 saturated heterocycles. The highest BCUT2D eigenvalue weighted by Crippen LogP contribution is 2.55. The first kappa shape index (κ1) is 16.4. The van der Waals surface area contributed by atoms with E-state index in [1.54, 1.807) is 10.6 Å². The van der Waals surface area contributed by atoms with E-state index >= 15 is 0 Å². The molecule has 0 amide bonds. The largest absolute Gasteiger partial charge is 0.416 e. The maximum atomic E-state index is 13.1. The predicted molar refractivity (Wildman–Crippen MR) is 88.7 cm³/mol. The molecule has 0 N–H and O–H groups in total. The highest BCUT2D eigenvalue weighted by atomic mass is 19.4. The lowest BCUT2D eigenvalue weighted by Crippen LogP contribution is -2.30. The summed E-state index contributed by atoms with van der Waals surface area (Å²) in [6, 6.07) is 5.14. The first-order chi connectivity index (χ1) is 11.8. The molecule has 2 aliphatic carbocycles. The van der Waals surface area contributed by atoms with Gasteiger partial charge in [-0.1, -0.05) is 12.1 Å². The molecule has 3 nitrogen and oxygen atoms in total. The second-order valence-corrected chi connectivity index (χ2v) is 7.29. The molecule has 1 heterocycles. The molecule has 6 heteroatoms. The number of benzene rings is 1. The summed E-state index contributed by atoms with van der Waals surface area (Å²) in [5.74, 6) is 0.616. The number of nitrogens with zero attached hydrogens (tertiary/aromatic N) is 2. The monoisotopic (exact) mass is 348 g/mol. The number of halogens is 3. The van der Waals surface area contributed by atoms with Gasteiger partial charge >= 0.3 is 11.9 Å². The first-order valence-corrected chi connectivity index (χ1v) is 8.61. The third-order valence-electron chi connectivity index (χ3n) is 5.41. The molecule has 132 valence electrons. The Morgan fingerprint density at radius 1 is 1.20 bits per heavy atom. The van der Waals surface area contributed by atoms with E-state index < -0.39 is 11.7 Å². The molecule has 1 aromatic carbocycles.